The minimum Gasteiger partial charge on any atom is -0.333 e. The van der Waals surface area contributed by atoms with Gasteiger partial charge in [-0.25, -0.2) is 0 Å². The fraction of sp³-hybridized carbons (Fsp3) is 0.222. The number of amides is 1. The number of amidine groups is 1. The number of carbonyl (C=O) groups excluding carboxylic acids is 1. The van der Waals surface area contributed by atoms with Gasteiger partial charge < -0.3 is 10.6 Å². The maximum atomic E-state index is 12.3. The largest absolute Gasteiger partial charge is 0.333 e. The molecule has 1 heterocycles. The zero-order valence-electron chi connectivity index (χ0n) is 14.7. The van der Waals surface area contributed by atoms with Crippen LogP contribution in [0.25, 0.3) is 0 Å². The molecule has 0 saturated heterocycles. The van der Waals surface area contributed by atoms with E-state index in [1.54, 1.807) is 12.1 Å². The number of hydrogen-bond acceptors (Lipinski definition) is 5. The van der Waals surface area contributed by atoms with Crippen molar-refractivity contribution in [2.24, 2.45) is 4.40 Å². The summed E-state index contributed by atoms with van der Waals surface area (Å²) >= 11 is 1.05. The Morgan fingerprint density at radius 2 is 1.77 bits per heavy atom. The van der Waals surface area contributed by atoms with E-state index in [9.17, 15) is 13.2 Å². The van der Waals surface area contributed by atoms with Crippen molar-refractivity contribution in [3.05, 3.63) is 53.1 Å². The molecule has 8 heteroatoms. The second-order valence-electron chi connectivity index (χ2n) is 6.21. The number of fused-ring (bicyclic) bond motifs is 1. The summed E-state index contributed by atoms with van der Waals surface area (Å²) < 4.78 is 28.3. The number of anilines is 2. The van der Waals surface area contributed by atoms with Crippen molar-refractivity contribution in [2.45, 2.75) is 25.7 Å². The molecule has 3 rings (SSSR count). The third-order valence-electron chi connectivity index (χ3n) is 3.70. The summed E-state index contributed by atoms with van der Waals surface area (Å²) in [6.07, 6.45) is 0. The van der Waals surface area contributed by atoms with E-state index in [4.69, 9.17) is 0 Å². The molecule has 1 aliphatic heterocycles. The molecule has 0 aromatic heterocycles. The first-order chi connectivity index (χ1) is 12.2. The zero-order chi connectivity index (χ0) is 18.9. The summed E-state index contributed by atoms with van der Waals surface area (Å²) in [5.74, 6) is -0.174. The first kappa shape index (κ1) is 18.5. The van der Waals surface area contributed by atoms with E-state index in [-0.39, 0.29) is 21.7 Å². The Kier molecular flexibility index (Phi) is 5.06. The molecule has 0 fully saturated rings. The number of rotatable bonds is 3. The van der Waals surface area contributed by atoms with Crippen LogP contribution in [0, 0.1) is 20.8 Å². The molecular weight excluding hydrogens is 370 g/mol. The average molecular weight is 390 g/mol. The second kappa shape index (κ2) is 7.13. The van der Waals surface area contributed by atoms with Crippen molar-refractivity contribution >= 4 is 44.2 Å². The van der Waals surface area contributed by atoms with Crippen LogP contribution in [-0.2, 0) is 14.8 Å². The molecule has 26 heavy (non-hydrogen) atoms. The summed E-state index contributed by atoms with van der Waals surface area (Å²) in [6.45, 7) is 5.80. The first-order valence-electron chi connectivity index (χ1n) is 7.96. The fourth-order valence-corrected chi connectivity index (χ4v) is 4.72. The van der Waals surface area contributed by atoms with Crippen LogP contribution in [0.3, 0.4) is 0 Å². The second-order valence-corrected chi connectivity index (χ2v) is 8.75. The van der Waals surface area contributed by atoms with Crippen LogP contribution in [0.2, 0.25) is 0 Å². The number of benzene rings is 2. The van der Waals surface area contributed by atoms with Gasteiger partial charge in [0, 0.05) is 5.69 Å². The maximum Gasteiger partial charge on any atom is 0.286 e. The van der Waals surface area contributed by atoms with Gasteiger partial charge in [-0.2, -0.15) is 8.42 Å². The van der Waals surface area contributed by atoms with E-state index in [0.717, 1.165) is 34.1 Å². The van der Waals surface area contributed by atoms with Crippen molar-refractivity contribution in [2.75, 3.05) is 16.4 Å². The van der Waals surface area contributed by atoms with E-state index < -0.39 is 10.0 Å². The maximum absolute atomic E-state index is 12.3. The van der Waals surface area contributed by atoms with Crippen LogP contribution in [0.4, 0.5) is 11.4 Å². The summed E-state index contributed by atoms with van der Waals surface area (Å²) in [7, 11) is -3.75. The standard InChI is InChI=1S/C18H19N3O3S2/c1-11-4-5-16-15(9-11)20-18(21-26(16,23)24)25-10-17(22)19-14-7-12(2)6-13(3)8-14/h4-9H,10H2,1-3H3,(H,19,22)(H,20,21). The summed E-state index contributed by atoms with van der Waals surface area (Å²) in [4.78, 5) is 12.3. The molecule has 6 nitrogen and oxygen atoms in total. The molecule has 2 aromatic rings. The number of aryl methyl sites for hydroxylation is 3. The Hall–Kier alpha value is -2.32. The lowest BCUT2D eigenvalue weighted by Crippen LogP contribution is -2.22. The molecule has 0 unspecified atom stereocenters. The average Bonchev–Trinajstić information content (AvgIpc) is 2.50. The smallest absolute Gasteiger partial charge is 0.286 e. The van der Waals surface area contributed by atoms with Crippen LogP contribution in [-0.4, -0.2) is 25.2 Å². The van der Waals surface area contributed by atoms with Gasteiger partial charge in [-0.1, -0.05) is 23.9 Å². The number of hydrogen-bond donors (Lipinski definition) is 2. The quantitative estimate of drug-likeness (QED) is 0.839. The number of sulfonamides is 1. The van der Waals surface area contributed by atoms with Gasteiger partial charge in [0.05, 0.1) is 11.4 Å². The zero-order valence-corrected chi connectivity index (χ0v) is 16.3. The van der Waals surface area contributed by atoms with Crippen LogP contribution < -0.4 is 10.6 Å². The lowest BCUT2D eigenvalue weighted by Gasteiger charge is -2.18. The molecule has 1 amide bonds. The molecule has 2 N–H and O–H groups in total. The molecule has 0 bridgehead atoms. The number of nitrogens with one attached hydrogen (secondary N) is 2. The van der Waals surface area contributed by atoms with E-state index >= 15 is 0 Å². The molecule has 1 aliphatic rings. The third-order valence-corrected chi connectivity index (χ3v) is 6.03. The van der Waals surface area contributed by atoms with Gasteiger partial charge >= 0.3 is 0 Å². The number of carbonyl (C=O) groups is 1. The minimum absolute atomic E-state index is 0.0511. The number of nitrogens with zero attached hydrogens (tertiary/aromatic N) is 1. The monoisotopic (exact) mass is 389 g/mol. The Morgan fingerprint density at radius 3 is 2.46 bits per heavy atom. The van der Waals surface area contributed by atoms with Gasteiger partial charge in [0.15, 0.2) is 5.17 Å². The van der Waals surface area contributed by atoms with Gasteiger partial charge in [-0.3, -0.25) is 4.79 Å². The SMILES string of the molecule is Cc1cc(C)cc(NC(=O)CSC2=NS(=O)(=O)c3ccc(C)cc3N2)c1. The summed E-state index contributed by atoms with van der Waals surface area (Å²) in [6, 6.07) is 10.8. The Morgan fingerprint density at radius 1 is 1.08 bits per heavy atom. The van der Waals surface area contributed by atoms with Crippen LogP contribution in [0.1, 0.15) is 16.7 Å². The van der Waals surface area contributed by atoms with Crippen molar-refractivity contribution < 1.29 is 13.2 Å². The van der Waals surface area contributed by atoms with E-state index in [1.165, 1.54) is 6.07 Å². The van der Waals surface area contributed by atoms with Gasteiger partial charge in [0.1, 0.15) is 4.90 Å². The van der Waals surface area contributed by atoms with Crippen molar-refractivity contribution in [3.63, 3.8) is 0 Å². The lowest BCUT2D eigenvalue weighted by molar-refractivity contribution is -0.113. The lowest BCUT2D eigenvalue weighted by atomic mass is 10.1. The highest BCUT2D eigenvalue weighted by molar-refractivity contribution is 8.15. The predicted octanol–water partition coefficient (Wildman–Crippen LogP) is 3.45. The number of thioether (sulfide) groups is 1. The van der Waals surface area contributed by atoms with Crippen LogP contribution in [0.15, 0.2) is 45.7 Å². The summed E-state index contributed by atoms with van der Waals surface area (Å²) in [5, 5.41) is 6.00. The first-order valence-corrected chi connectivity index (χ1v) is 10.4. The van der Waals surface area contributed by atoms with E-state index in [1.807, 2.05) is 39.0 Å². The normalized spacial score (nSPS) is 14.8. The molecular formula is C18H19N3O3S2. The molecule has 0 radical (unpaired) electrons. The van der Waals surface area contributed by atoms with Crippen molar-refractivity contribution in [1.29, 1.82) is 0 Å². The molecule has 0 atom stereocenters. The highest BCUT2D eigenvalue weighted by Gasteiger charge is 2.25. The Labute approximate surface area is 157 Å². The van der Waals surface area contributed by atoms with Gasteiger partial charge in [0.25, 0.3) is 10.0 Å². The predicted molar refractivity (Wildman–Crippen MR) is 106 cm³/mol. The Balaban J connectivity index is 1.68. The van der Waals surface area contributed by atoms with Gasteiger partial charge in [-0.05, 0) is 61.7 Å². The van der Waals surface area contributed by atoms with Gasteiger partial charge in [0.2, 0.25) is 5.91 Å². The molecule has 2 aromatic carbocycles. The highest BCUT2D eigenvalue weighted by Crippen LogP contribution is 2.30. The third kappa shape index (κ3) is 4.25. The van der Waals surface area contributed by atoms with E-state index in [2.05, 4.69) is 15.0 Å². The topological polar surface area (TPSA) is 87.6 Å². The molecule has 136 valence electrons. The molecule has 0 saturated carbocycles. The van der Waals surface area contributed by atoms with Crippen molar-refractivity contribution in [1.82, 2.24) is 0 Å². The van der Waals surface area contributed by atoms with Gasteiger partial charge in [-0.15, -0.1) is 4.40 Å². The molecule has 0 aliphatic carbocycles. The van der Waals surface area contributed by atoms with Crippen molar-refractivity contribution in [3.8, 4) is 0 Å². The van der Waals surface area contributed by atoms with Crippen LogP contribution in [0.5, 0.6) is 0 Å². The minimum atomic E-state index is -3.75. The molecule has 0 spiro atoms. The highest BCUT2D eigenvalue weighted by atomic mass is 32.2. The Bertz CT molecular complexity index is 994. The summed E-state index contributed by atoms with van der Waals surface area (Å²) in [5.41, 5.74) is 4.26. The fourth-order valence-electron chi connectivity index (χ4n) is 2.70. The van der Waals surface area contributed by atoms with E-state index in [0.29, 0.717) is 5.69 Å². The van der Waals surface area contributed by atoms with Crippen LogP contribution >= 0.6 is 11.8 Å².